The normalized spacial score (nSPS) is 18.3. The largest absolute Gasteiger partial charge is 0.314 e. The third-order valence-electron chi connectivity index (χ3n) is 4.00. The highest BCUT2D eigenvalue weighted by atomic mass is 35.5. The average molecular weight is 323 g/mol. The third kappa shape index (κ3) is 2.25. The van der Waals surface area contributed by atoms with Crippen molar-refractivity contribution in [2.45, 2.75) is 38.9 Å². The molecule has 110 valence electrons. The van der Waals surface area contributed by atoms with E-state index >= 15 is 0 Å². The zero-order chi connectivity index (χ0) is 14.4. The molecule has 21 heavy (non-hydrogen) atoms. The van der Waals surface area contributed by atoms with Gasteiger partial charge in [0.2, 0.25) is 0 Å². The lowest BCUT2D eigenvalue weighted by atomic mass is 10.1. The van der Waals surface area contributed by atoms with Crippen LogP contribution in [0.25, 0.3) is 4.96 Å². The second-order valence-corrected chi connectivity index (χ2v) is 6.53. The molecule has 0 fully saturated rings. The minimum atomic E-state index is 0.410. The molecule has 0 spiro atoms. The molecule has 1 N–H and O–H groups in total. The van der Waals surface area contributed by atoms with Gasteiger partial charge < -0.3 is 9.88 Å². The molecule has 0 amide bonds. The monoisotopic (exact) mass is 322 g/mol. The number of nitrogens with one attached hydrogen (secondary N) is 1. The van der Waals surface area contributed by atoms with Gasteiger partial charge in [-0.1, -0.05) is 11.6 Å². The summed E-state index contributed by atoms with van der Waals surface area (Å²) in [7, 11) is 0. The molecular formula is C13H15ClN6S. The Morgan fingerprint density at radius 2 is 2.38 bits per heavy atom. The van der Waals surface area contributed by atoms with Gasteiger partial charge in [-0.2, -0.15) is 0 Å². The van der Waals surface area contributed by atoms with Crippen molar-refractivity contribution in [2.24, 2.45) is 0 Å². The number of hydrogen-bond donors (Lipinski definition) is 1. The Labute approximate surface area is 130 Å². The number of aromatic nitrogens is 5. The predicted molar refractivity (Wildman–Crippen MR) is 81.8 cm³/mol. The number of fused-ring (bicyclic) bond motifs is 2. The summed E-state index contributed by atoms with van der Waals surface area (Å²) in [6, 6.07) is 0.410. The van der Waals surface area contributed by atoms with Gasteiger partial charge in [0.25, 0.3) is 0 Å². The SMILES string of the molecule is Cc1nnc2n1C[C@H](NCc1c(Cl)nc3sccn13)CC2. The van der Waals surface area contributed by atoms with Crippen LogP contribution in [0, 0.1) is 6.92 Å². The van der Waals surface area contributed by atoms with Crippen LogP contribution >= 0.6 is 22.9 Å². The lowest BCUT2D eigenvalue weighted by Crippen LogP contribution is -2.37. The van der Waals surface area contributed by atoms with Crippen LogP contribution in [-0.2, 0) is 19.5 Å². The minimum absolute atomic E-state index is 0.410. The highest BCUT2D eigenvalue weighted by Gasteiger charge is 2.22. The fraction of sp³-hybridized carbons (Fsp3) is 0.462. The van der Waals surface area contributed by atoms with Gasteiger partial charge in [-0.05, 0) is 13.3 Å². The Kier molecular flexibility index (Phi) is 3.20. The summed E-state index contributed by atoms with van der Waals surface area (Å²) in [6.07, 6.45) is 4.05. The molecule has 8 heteroatoms. The standard InChI is InChI=1S/C13H15ClN6S/c1-8-17-18-11-3-2-9(7-20(8)11)15-6-10-12(14)16-13-19(10)4-5-21-13/h4-5,9,15H,2-3,6-7H2,1H3/t9-/m1/s1. The van der Waals surface area contributed by atoms with Crippen molar-refractivity contribution >= 4 is 27.9 Å². The molecular weight excluding hydrogens is 308 g/mol. The van der Waals surface area contributed by atoms with E-state index in [0.29, 0.717) is 11.2 Å². The smallest absolute Gasteiger partial charge is 0.195 e. The predicted octanol–water partition coefficient (Wildman–Crippen LogP) is 2.05. The Morgan fingerprint density at radius 3 is 3.29 bits per heavy atom. The topological polar surface area (TPSA) is 60.0 Å². The van der Waals surface area contributed by atoms with Crippen LogP contribution in [-0.4, -0.2) is 30.2 Å². The molecule has 0 aromatic carbocycles. The lowest BCUT2D eigenvalue weighted by molar-refractivity contribution is 0.373. The van der Waals surface area contributed by atoms with Crippen LogP contribution in [0.4, 0.5) is 0 Å². The number of aryl methyl sites for hydroxylation is 2. The summed E-state index contributed by atoms with van der Waals surface area (Å²) in [4.78, 5) is 5.30. The zero-order valence-electron chi connectivity index (χ0n) is 11.6. The van der Waals surface area contributed by atoms with Gasteiger partial charge in [-0.25, -0.2) is 4.98 Å². The van der Waals surface area contributed by atoms with E-state index in [-0.39, 0.29) is 0 Å². The molecule has 1 atom stereocenters. The molecule has 0 saturated carbocycles. The molecule has 0 saturated heterocycles. The summed E-state index contributed by atoms with van der Waals surface area (Å²) in [5.74, 6) is 2.08. The first-order chi connectivity index (χ1) is 10.2. The van der Waals surface area contributed by atoms with Crippen LogP contribution in [0.15, 0.2) is 11.6 Å². The molecule has 0 unspecified atom stereocenters. The maximum atomic E-state index is 6.23. The third-order valence-corrected chi connectivity index (χ3v) is 5.06. The summed E-state index contributed by atoms with van der Waals surface area (Å²) in [5.41, 5.74) is 1.03. The van der Waals surface area contributed by atoms with Gasteiger partial charge >= 0.3 is 0 Å². The maximum Gasteiger partial charge on any atom is 0.195 e. The number of halogens is 1. The van der Waals surface area contributed by atoms with E-state index in [1.165, 1.54) is 0 Å². The number of imidazole rings is 1. The van der Waals surface area contributed by atoms with Gasteiger partial charge in [-0.15, -0.1) is 21.5 Å². The van der Waals surface area contributed by atoms with Crippen LogP contribution in [0.1, 0.15) is 23.8 Å². The van der Waals surface area contributed by atoms with Gasteiger partial charge in [0.05, 0.1) is 5.69 Å². The van der Waals surface area contributed by atoms with Crippen molar-refractivity contribution in [1.82, 2.24) is 29.5 Å². The minimum Gasteiger partial charge on any atom is -0.314 e. The molecule has 6 nitrogen and oxygen atoms in total. The van der Waals surface area contributed by atoms with Crippen LogP contribution in [0.2, 0.25) is 5.15 Å². The second-order valence-electron chi connectivity index (χ2n) is 5.30. The molecule has 1 aliphatic rings. The van der Waals surface area contributed by atoms with Crippen LogP contribution in [0.3, 0.4) is 0 Å². The molecule has 0 radical (unpaired) electrons. The lowest BCUT2D eigenvalue weighted by Gasteiger charge is -2.24. The van der Waals surface area contributed by atoms with Crippen molar-refractivity contribution in [3.8, 4) is 0 Å². The van der Waals surface area contributed by atoms with Crippen molar-refractivity contribution in [2.75, 3.05) is 0 Å². The molecule has 0 aliphatic carbocycles. The van der Waals surface area contributed by atoms with Crippen molar-refractivity contribution in [3.63, 3.8) is 0 Å². The Bertz CT molecular complexity index is 788. The summed E-state index contributed by atoms with van der Waals surface area (Å²) in [6.45, 7) is 3.64. The van der Waals surface area contributed by atoms with E-state index in [4.69, 9.17) is 11.6 Å². The highest BCUT2D eigenvalue weighted by Crippen LogP contribution is 2.22. The molecule has 1 aliphatic heterocycles. The first-order valence-corrected chi connectivity index (χ1v) is 8.20. The summed E-state index contributed by atoms with van der Waals surface area (Å²) >= 11 is 7.82. The number of rotatable bonds is 3. The summed E-state index contributed by atoms with van der Waals surface area (Å²) < 4.78 is 4.25. The van der Waals surface area contributed by atoms with E-state index in [1.54, 1.807) is 11.3 Å². The number of hydrogen-bond acceptors (Lipinski definition) is 5. The van der Waals surface area contributed by atoms with Gasteiger partial charge in [0, 0.05) is 37.1 Å². The molecule has 3 aromatic rings. The second kappa shape index (κ2) is 5.08. The van der Waals surface area contributed by atoms with Crippen molar-refractivity contribution in [1.29, 1.82) is 0 Å². The first-order valence-electron chi connectivity index (χ1n) is 6.94. The van der Waals surface area contributed by atoms with Crippen molar-refractivity contribution < 1.29 is 0 Å². The summed E-state index contributed by atoms with van der Waals surface area (Å²) in [5, 5.41) is 14.5. The van der Waals surface area contributed by atoms with Gasteiger partial charge in [-0.3, -0.25) is 4.40 Å². The Hall–Kier alpha value is -1.44. The number of thiazole rings is 1. The van der Waals surface area contributed by atoms with Crippen LogP contribution in [0.5, 0.6) is 0 Å². The van der Waals surface area contributed by atoms with Gasteiger partial charge in [0.1, 0.15) is 11.6 Å². The van der Waals surface area contributed by atoms with Gasteiger partial charge in [0.15, 0.2) is 10.1 Å². The number of nitrogens with zero attached hydrogens (tertiary/aromatic N) is 5. The fourth-order valence-corrected chi connectivity index (χ4v) is 3.86. The zero-order valence-corrected chi connectivity index (χ0v) is 13.2. The quantitative estimate of drug-likeness (QED) is 0.802. The van der Waals surface area contributed by atoms with E-state index in [2.05, 4.69) is 29.5 Å². The van der Waals surface area contributed by atoms with Crippen molar-refractivity contribution in [3.05, 3.63) is 34.1 Å². The van der Waals surface area contributed by atoms with E-state index in [9.17, 15) is 0 Å². The maximum absolute atomic E-state index is 6.23. The molecule has 4 rings (SSSR count). The van der Waals surface area contributed by atoms with Crippen LogP contribution < -0.4 is 5.32 Å². The highest BCUT2D eigenvalue weighted by molar-refractivity contribution is 7.15. The Balaban J connectivity index is 1.49. The van der Waals surface area contributed by atoms with E-state index in [1.807, 2.05) is 18.5 Å². The first kappa shape index (κ1) is 13.2. The Morgan fingerprint density at radius 1 is 1.48 bits per heavy atom. The molecule has 0 bridgehead atoms. The molecule has 3 aromatic heterocycles. The average Bonchev–Trinajstić information content (AvgIpc) is 3.13. The van der Waals surface area contributed by atoms with E-state index < -0.39 is 0 Å². The molecule has 4 heterocycles. The fourth-order valence-electron chi connectivity index (χ4n) is 2.83. The van der Waals surface area contributed by atoms with E-state index in [0.717, 1.165) is 48.2 Å².